The standard InChI is InChI=1S/C31H40ClO4P/c1-24-13-14-27(21-25(24)2)22-28(29-11-8-12-30(32)23-29)10-5-6-19-36-31-17-15-26(16-18-31)9-4-3-7-20-37(33,34)35/h8,11-18,21,23,28H,3-7,9-10,19-20,22H2,1-2H3,(H2,33,34,35). The average Bonchev–Trinajstić information content (AvgIpc) is 2.85. The van der Waals surface area contributed by atoms with Crippen LogP contribution in [0.4, 0.5) is 0 Å². The zero-order valence-electron chi connectivity index (χ0n) is 22.0. The van der Waals surface area contributed by atoms with Gasteiger partial charge in [-0.15, -0.1) is 0 Å². The van der Waals surface area contributed by atoms with Crippen LogP contribution in [0.1, 0.15) is 72.3 Å². The van der Waals surface area contributed by atoms with E-state index in [1.54, 1.807) is 0 Å². The summed E-state index contributed by atoms with van der Waals surface area (Å²) in [6.45, 7) is 5.02. The highest BCUT2D eigenvalue weighted by Crippen LogP contribution is 2.35. The molecule has 0 aliphatic carbocycles. The van der Waals surface area contributed by atoms with Crippen LogP contribution in [0, 0.1) is 13.8 Å². The highest BCUT2D eigenvalue weighted by molar-refractivity contribution is 7.51. The molecule has 0 saturated carbocycles. The highest BCUT2D eigenvalue weighted by atomic mass is 35.5. The monoisotopic (exact) mass is 542 g/mol. The van der Waals surface area contributed by atoms with E-state index in [9.17, 15) is 4.57 Å². The molecule has 37 heavy (non-hydrogen) atoms. The van der Waals surface area contributed by atoms with Gasteiger partial charge in [-0.3, -0.25) is 4.57 Å². The topological polar surface area (TPSA) is 66.8 Å². The molecule has 4 nitrogen and oxygen atoms in total. The van der Waals surface area contributed by atoms with E-state index >= 15 is 0 Å². The second kappa shape index (κ2) is 14.7. The third kappa shape index (κ3) is 11.0. The SMILES string of the molecule is Cc1ccc(CC(CCCCOc2ccc(CCCCCP(=O)(O)O)cc2)c2cccc(Cl)c2)cc1C. The van der Waals surface area contributed by atoms with Crippen molar-refractivity contribution >= 4 is 19.2 Å². The molecule has 6 heteroatoms. The maximum absolute atomic E-state index is 10.9. The number of unbranched alkanes of at least 4 members (excludes halogenated alkanes) is 3. The van der Waals surface area contributed by atoms with E-state index in [2.05, 4.69) is 56.3 Å². The number of aryl methyl sites for hydroxylation is 3. The van der Waals surface area contributed by atoms with Gasteiger partial charge in [0, 0.05) is 11.2 Å². The van der Waals surface area contributed by atoms with E-state index in [-0.39, 0.29) is 6.16 Å². The largest absolute Gasteiger partial charge is 0.494 e. The predicted molar refractivity (Wildman–Crippen MR) is 154 cm³/mol. The molecule has 0 amide bonds. The molecule has 0 aromatic heterocycles. The van der Waals surface area contributed by atoms with Crippen LogP contribution in [-0.4, -0.2) is 22.6 Å². The molecule has 0 radical (unpaired) electrons. The van der Waals surface area contributed by atoms with Crippen LogP contribution in [-0.2, 0) is 17.4 Å². The van der Waals surface area contributed by atoms with Crippen LogP contribution in [0.15, 0.2) is 66.7 Å². The van der Waals surface area contributed by atoms with Gasteiger partial charge in [-0.25, -0.2) is 0 Å². The fraction of sp³-hybridized carbons (Fsp3) is 0.419. The number of rotatable bonds is 15. The van der Waals surface area contributed by atoms with E-state index in [1.807, 2.05) is 24.3 Å². The quantitative estimate of drug-likeness (QED) is 0.149. The van der Waals surface area contributed by atoms with Crippen LogP contribution in [0.2, 0.25) is 5.02 Å². The minimum Gasteiger partial charge on any atom is -0.494 e. The Morgan fingerprint density at radius 1 is 0.838 bits per heavy atom. The molecule has 0 heterocycles. The molecular weight excluding hydrogens is 503 g/mol. The summed E-state index contributed by atoms with van der Waals surface area (Å²) in [6, 6.07) is 23.2. The highest BCUT2D eigenvalue weighted by Gasteiger charge is 2.14. The third-order valence-electron chi connectivity index (χ3n) is 6.93. The molecule has 200 valence electrons. The summed E-state index contributed by atoms with van der Waals surface area (Å²) in [6.07, 6.45) is 7.35. The maximum atomic E-state index is 10.9. The van der Waals surface area contributed by atoms with Gasteiger partial charge < -0.3 is 14.5 Å². The zero-order chi connectivity index (χ0) is 26.7. The summed E-state index contributed by atoms with van der Waals surface area (Å²) in [5.74, 6) is 1.30. The molecule has 0 spiro atoms. The number of hydrogen-bond donors (Lipinski definition) is 2. The Hall–Kier alpha value is -2.10. The Labute approximate surface area is 227 Å². The zero-order valence-corrected chi connectivity index (χ0v) is 23.7. The number of ether oxygens (including phenoxy) is 1. The van der Waals surface area contributed by atoms with Crippen LogP contribution in [0.3, 0.4) is 0 Å². The van der Waals surface area contributed by atoms with Crippen molar-refractivity contribution in [3.8, 4) is 5.75 Å². The van der Waals surface area contributed by atoms with Crippen molar-refractivity contribution in [2.24, 2.45) is 0 Å². The van der Waals surface area contributed by atoms with Crippen LogP contribution >= 0.6 is 19.2 Å². The lowest BCUT2D eigenvalue weighted by atomic mass is 9.87. The second-order valence-corrected chi connectivity index (χ2v) is 12.3. The number of hydrogen-bond acceptors (Lipinski definition) is 2. The third-order valence-corrected chi connectivity index (χ3v) is 8.06. The van der Waals surface area contributed by atoms with Crippen molar-refractivity contribution in [3.05, 3.63) is 99.6 Å². The Balaban J connectivity index is 1.43. The first-order chi connectivity index (χ1) is 17.7. The van der Waals surface area contributed by atoms with Gasteiger partial charge in [0.15, 0.2) is 0 Å². The van der Waals surface area contributed by atoms with E-state index in [0.717, 1.165) is 55.7 Å². The van der Waals surface area contributed by atoms with Gasteiger partial charge in [-0.05, 0) is 117 Å². The van der Waals surface area contributed by atoms with Gasteiger partial charge in [0.25, 0.3) is 0 Å². The first-order valence-electron chi connectivity index (χ1n) is 13.3. The van der Waals surface area contributed by atoms with Gasteiger partial charge in [-0.1, -0.05) is 60.5 Å². The van der Waals surface area contributed by atoms with Crippen molar-refractivity contribution in [1.29, 1.82) is 0 Å². The van der Waals surface area contributed by atoms with E-state index in [0.29, 0.717) is 18.9 Å². The Kier molecular flexibility index (Phi) is 11.7. The molecule has 3 rings (SSSR count). The summed E-state index contributed by atoms with van der Waals surface area (Å²) < 4.78 is 16.9. The maximum Gasteiger partial charge on any atom is 0.325 e. The van der Waals surface area contributed by atoms with E-state index < -0.39 is 7.60 Å². The van der Waals surface area contributed by atoms with Gasteiger partial charge in [0.05, 0.1) is 6.61 Å². The number of benzene rings is 3. The molecule has 2 N–H and O–H groups in total. The Morgan fingerprint density at radius 2 is 1.59 bits per heavy atom. The number of halogens is 1. The smallest absolute Gasteiger partial charge is 0.325 e. The molecule has 1 atom stereocenters. The first-order valence-corrected chi connectivity index (χ1v) is 15.4. The van der Waals surface area contributed by atoms with Crippen molar-refractivity contribution in [1.82, 2.24) is 0 Å². The normalized spacial score (nSPS) is 12.5. The summed E-state index contributed by atoms with van der Waals surface area (Å²) in [5, 5.41) is 0.788. The van der Waals surface area contributed by atoms with Crippen LogP contribution < -0.4 is 4.74 Å². The lowest BCUT2D eigenvalue weighted by Crippen LogP contribution is -2.05. The molecule has 0 bridgehead atoms. The molecule has 3 aromatic carbocycles. The van der Waals surface area contributed by atoms with Gasteiger partial charge in [0.1, 0.15) is 5.75 Å². The summed E-state index contributed by atoms with van der Waals surface area (Å²) in [5.41, 5.74) is 6.54. The minimum atomic E-state index is -3.87. The Bertz CT molecular complexity index is 1160. The molecule has 1 unspecified atom stereocenters. The average molecular weight is 543 g/mol. The molecule has 0 aliphatic heterocycles. The van der Waals surface area contributed by atoms with Crippen LogP contribution in [0.25, 0.3) is 0 Å². The van der Waals surface area contributed by atoms with Crippen molar-refractivity contribution in [2.75, 3.05) is 12.8 Å². The molecule has 0 saturated heterocycles. The molecule has 0 aliphatic rings. The summed E-state index contributed by atoms with van der Waals surface area (Å²) in [7, 11) is -3.87. The second-order valence-electron chi connectivity index (χ2n) is 10.1. The molecule has 3 aromatic rings. The Morgan fingerprint density at radius 3 is 2.30 bits per heavy atom. The fourth-order valence-corrected chi connectivity index (χ4v) is 5.46. The van der Waals surface area contributed by atoms with Crippen molar-refractivity contribution in [3.63, 3.8) is 0 Å². The summed E-state index contributed by atoms with van der Waals surface area (Å²) >= 11 is 6.31. The lowest BCUT2D eigenvalue weighted by molar-refractivity contribution is 0.303. The molecule has 0 fully saturated rings. The lowest BCUT2D eigenvalue weighted by Gasteiger charge is -2.19. The fourth-order valence-electron chi connectivity index (χ4n) is 4.62. The van der Waals surface area contributed by atoms with Crippen molar-refractivity contribution < 1.29 is 19.1 Å². The summed E-state index contributed by atoms with van der Waals surface area (Å²) in [4.78, 5) is 17.9. The van der Waals surface area contributed by atoms with Crippen molar-refractivity contribution in [2.45, 2.75) is 71.1 Å². The predicted octanol–water partition coefficient (Wildman–Crippen LogP) is 8.42. The van der Waals surface area contributed by atoms with E-state index in [1.165, 1.54) is 27.8 Å². The van der Waals surface area contributed by atoms with E-state index in [4.69, 9.17) is 26.1 Å². The minimum absolute atomic E-state index is 0.0226. The first kappa shape index (κ1) is 29.5. The van der Waals surface area contributed by atoms with Gasteiger partial charge >= 0.3 is 7.60 Å². The van der Waals surface area contributed by atoms with Gasteiger partial charge in [-0.2, -0.15) is 0 Å². The molecular formula is C31H40ClO4P. The van der Waals surface area contributed by atoms with Crippen LogP contribution in [0.5, 0.6) is 5.75 Å². The van der Waals surface area contributed by atoms with Gasteiger partial charge in [0.2, 0.25) is 0 Å².